The first-order chi connectivity index (χ1) is 10.7. The molecule has 6 nitrogen and oxygen atoms in total. The van der Waals surface area contributed by atoms with Crippen LogP contribution >= 0.6 is 12.4 Å². The number of carbonyl (C=O) groups excluding carboxylic acids is 2. The molecule has 1 N–H and O–H groups in total. The number of hydrogen-bond donors (Lipinski definition) is 1. The molecule has 1 saturated heterocycles. The topological polar surface area (TPSA) is 67.9 Å². The average molecular weight is 343 g/mol. The Morgan fingerprint density at radius 3 is 2.35 bits per heavy atom. The maximum Gasteiger partial charge on any atom is 0.337 e. The van der Waals surface area contributed by atoms with Gasteiger partial charge in [0.2, 0.25) is 0 Å². The molecule has 0 aromatic heterocycles. The van der Waals surface area contributed by atoms with Crippen LogP contribution in [0.1, 0.15) is 28.9 Å². The summed E-state index contributed by atoms with van der Waals surface area (Å²) < 4.78 is 9.91. The van der Waals surface area contributed by atoms with Crippen molar-refractivity contribution in [3.63, 3.8) is 0 Å². The number of halogens is 1. The Hall–Kier alpha value is -1.63. The number of carbonyl (C=O) groups is 2. The van der Waals surface area contributed by atoms with Crippen molar-refractivity contribution in [3.05, 3.63) is 35.4 Å². The van der Waals surface area contributed by atoms with Gasteiger partial charge >= 0.3 is 11.9 Å². The predicted molar refractivity (Wildman–Crippen MR) is 88.8 cm³/mol. The van der Waals surface area contributed by atoms with Crippen LogP contribution in [0, 0.1) is 0 Å². The predicted octanol–water partition coefficient (Wildman–Crippen LogP) is 1.40. The number of nitrogens with one attached hydrogen (secondary N) is 1. The van der Waals surface area contributed by atoms with Gasteiger partial charge in [0.1, 0.15) is 6.04 Å². The van der Waals surface area contributed by atoms with Crippen molar-refractivity contribution in [3.8, 4) is 0 Å². The zero-order valence-corrected chi connectivity index (χ0v) is 14.2. The molecule has 1 unspecified atom stereocenters. The van der Waals surface area contributed by atoms with Gasteiger partial charge in [-0.1, -0.05) is 12.1 Å². The number of esters is 2. The molecule has 1 aromatic carbocycles. The minimum absolute atomic E-state index is 0. The fourth-order valence-corrected chi connectivity index (χ4v) is 2.58. The van der Waals surface area contributed by atoms with Crippen molar-refractivity contribution in [1.82, 2.24) is 10.2 Å². The van der Waals surface area contributed by atoms with E-state index in [0.717, 1.165) is 31.7 Å². The van der Waals surface area contributed by atoms with E-state index in [1.165, 1.54) is 7.11 Å². The second kappa shape index (κ2) is 9.50. The standard InChI is InChI=1S/C16H22N2O4.ClH/c1-3-22-16(20)14(18-10-8-17-9-11-18)12-4-6-13(7-5-12)15(19)21-2;/h4-7,14,17H,3,8-11H2,1-2H3;1H. The first kappa shape index (κ1) is 19.4. The summed E-state index contributed by atoms with van der Waals surface area (Å²) in [6, 6.07) is 6.49. The minimum Gasteiger partial charge on any atom is -0.465 e. The number of hydrogen-bond acceptors (Lipinski definition) is 6. The van der Waals surface area contributed by atoms with Gasteiger partial charge in [0, 0.05) is 26.2 Å². The Morgan fingerprint density at radius 1 is 1.22 bits per heavy atom. The highest BCUT2D eigenvalue weighted by molar-refractivity contribution is 5.89. The molecule has 0 amide bonds. The van der Waals surface area contributed by atoms with E-state index in [4.69, 9.17) is 4.74 Å². The third-order valence-electron chi connectivity index (χ3n) is 3.67. The summed E-state index contributed by atoms with van der Waals surface area (Å²) in [5.41, 5.74) is 1.29. The molecular weight excluding hydrogens is 320 g/mol. The number of methoxy groups -OCH3 is 1. The van der Waals surface area contributed by atoms with Gasteiger partial charge in [-0.3, -0.25) is 4.90 Å². The van der Waals surface area contributed by atoms with Crippen molar-refractivity contribution in [2.45, 2.75) is 13.0 Å². The van der Waals surface area contributed by atoms with Crippen LogP contribution in [0.15, 0.2) is 24.3 Å². The summed E-state index contributed by atoms with van der Waals surface area (Å²) in [5, 5.41) is 3.27. The Balaban J connectivity index is 0.00000264. The summed E-state index contributed by atoms with van der Waals surface area (Å²) in [6.45, 7) is 5.39. The van der Waals surface area contributed by atoms with Crippen molar-refractivity contribution in [2.75, 3.05) is 39.9 Å². The van der Waals surface area contributed by atoms with Crippen LogP contribution in [0.3, 0.4) is 0 Å². The van der Waals surface area contributed by atoms with E-state index < -0.39 is 6.04 Å². The lowest BCUT2D eigenvalue weighted by molar-refractivity contribution is -0.150. The van der Waals surface area contributed by atoms with Crippen LogP contribution in [0.2, 0.25) is 0 Å². The van der Waals surface area contributed by atoms with Crippen LogP contribution in [-0.4, -0.2) is 56.7 Å². The molecular formula is C16H23ClN2O4. The average Bonchev–Trinajstić information content (AvgIpc) is 2.56. The summed E-state index contributed by atoms with van der Waals surface area (Å²) >= 11 is 0. The van der Waals surface area contributed by atoms with Crippen LogP contribution in [0.5, 0.6) is 0 Å². The van der Waals surface area contributed by atoms with Gasteiger partial charge in [-0.25, -0.2) is 9.59 Å². The third kappa shape index (κ3) is 4.92. The van der Waals surface area contributed by atoms with Crippen LogP contribution < -0.4 is 5.32 Å². The molecule has 7 heteroatoms. The third-order valence-corrected chi connectivity index (χ3v) is 3.67. The van der Waals surface area contributed by atoms with Gasteiger partial charge in [0.05, 0.1) is 19.3 Å². The van der Waals surface area contributed by atoms with Gasteiger partial charge < -0.3 is 14.8 Å². The Labute approximate surface area is 142 Å². The van der Waals surface area contributed by atoms with Crippen LogP contribution in [0.4, 0.5) is 0 Å². The SMILES string of the molecule is CCOC(=O)C(c1ccc(C(=O)OC)cc1)N1CCNCC1.Cl. The number of ether oxygens (including phenoxy) is 2. The van der Waals surface area contributed by atoms with Crippen LogP contribution in [0.25, 0.3) is 0 Å². The molecule has 0 radical (unpaired) electrons. The van der Waals surface area contributed by atoms with Crippen molar-refractivity contribution in [1.29, 1.82) is 0 Å². The van der Waals surface area contributed by atoms with E-state index in [9.17, 15) is 9.59 Å². The summed E-state index contributed by atoms with van der Waals surface area (Å²) in [5.74, 6) is -0.642. The highest BCUT2D eigenvalue weighted by atomic mass is 35.5. The lowest BCUT2D eigenvalue weighted by Gasteiger charge is -2.33. The lowest BCUT2D eigenvalue weighted by Crippen LogP contribution is -2.47. The van der Waals surface area contributed by atoms with E-state index in [-0.39, 0.29) is 24.3 Å². The smallest absolute Gasteiger partial charge is 0.337 e. The van der Waals surface area contributed by atoms with E-state index >= 15 is 0 Å². The summed E-state index contributed by atoms with van der Waals surface area (Å²) in [7, 11) is 1.35. The first-order valence-corrected chi connectivity index (χ1v) is 7.47. The van der Waals surface area contributed by atoms with E-state index in [1.807, 2.05) is 0 Å². The Morgan fingerprint density at radius 2 is 1.83 bits per heavy atom. The Kier molecular flexibility index (Phi) is 8.02. The molecule has 1 heterocycles. The van der Waals surface area contributed by atoms with Gasteiger partial charge in [-0.2, -0.15) is 0 Å². The van der Waals surface area contributed by atoms with Gasteiger partial charge in [0.25, 0.3) is 0 Å². The molecule has 0 aliphatic carbocycles. The molecule has 23 heavy (non-hydrogen) atoms. The van der Waals surface area contributed by atoms with E-state index in [1.54, 1.807) is 31.2 Å². The van der Waals surface area contributed by atoms with Gasteiger partial charge in [0.15, 0.2) is 0 Å². The first-order valence-electron chi connectivity index (χ1n) is 7.47. The molecule has 1 atom stereocenters. The highest BCUT2D eigenvalue weighted by Gasteiger charge is 2.30. The van der Waals surface area contributed by atoms with Gasteiger partial charge in [-0.15, -0.1) is 12.4 Å². The monoisotopic (exact) mass is 342 g/mol. The largest absolute Gasteiger partial charge is 0.465 e. The van der Waals surface area contributed by atoms with Crippen molar-refractivity contribution >= 4 is 24.3 Å². The lowest BCUT2D eigenvalue weighted by atomic mass is 10.0. The van der Waals surface area contributed by atoms with Gasteiger partial charge in [-0.05, 0) is 24.6 Å². The molecule has 1 fully saturated rings. The number of nitrogens with zero attached hydrogens (tertiary/aromatic N) is 1. The number of benzene rings is 1. The second-order valence-corrected chi connectivity index (χ2v) is 5.05. The maximum atomic E-state index is 12.3. The molecule has 1 aliphatic rings. The second-order valence-electron chi connectivity index (χ2n) is 5.05. The fraction of sp³-hybridized carbons (Fsp3) is 0.500. The molecule has 1 aromatic rings. The zero-order valence-electron chi connectivity index (χ0n) is 13.4. The quantitative estimate of drug-likeness (QED) is 0.816. The van der Waals surface area contributed by atoms with Crippen LogP contribution in [-0.2, 0) is 14.3 Å². The van der Waals surface area contributed by atoms with E-state index in [0.29, 0.717) is 12.2 Å². The fourth-order valence-electron chi connectivity index (χ4n) is 2.58. The molecule has 1 aliphatic heterocycles. The molecule has 0 bridgehead atoms. The maximum absolute atomic E-state index is 12.3. The molecule has 2 rings (SSSR count). The van der Waals surface area contributed by atoms with E-state index in [2.05, 4.69) is 15.0 Å². The minimum atomic E-state index is -0.436. The zero-order chi connectivity index (χ0) is 15.9. The van der Waals surface area contributed by atoms with Crippen molar-refractivity contribution in [2.24, 2.45) is 0 Å². The number of piperazine rings is 1. The molecule has 128 valence electrons. The normalized spacial score (nSPS) is 16.1. The highest BCUT2D eigenvalue weighted by Crippen LogP contribution is 2.23. The van der Waals surface area contributed by atoms with Crippen molar-refractivity contribution < 1.29 is 19.1 Å². The summed E-state index contributed by atoms with van der Waals surface area (Å²) in [4.78, 5) is 25.9. The molecule has 0 spiro atoms. The molecule has 0 saturated carbocycles. The Bertz CT molecular complexity index is 515. The summed E-state index contributed by atoms with van der Waals surface area (Å²) in [6.07, 6.45) is 0. The number of rotatable bonds is 5.